The minimum absolute atomic E-state index is 0.428. The van der Waals surface area contributed by atoms with E-state index in [1.54, 1.807) is 0 Å². The van der Waals surface area contributed by atoms with E-state index in [0.29, 0.717) is 0 Å². The maximum Gasteiger partial charge on any atom is 0.396 e. The molecule has 0 atom stereocenters. The molecule has 0 bridgehead atoms. The van der Waals surface area contributed by atoms with Crippen LogP contribution >= 0.6 is 0 Å². The Bertz CT molecular complexity index is 276. The Hall–Kier alpha value is -1.92. The van der Waals surface area contributed by atoms with Crippen molar-refractivity contribution in [1.29, 1.82) is 0 Å². The van der Waals surface area contributed by atoms with Gasteiger partial charge in [0.15, 0.2) is 0 Å². The summed E-state index contributed by atoms with van der Waals surface area (Å²) >= 11 is 0. The number of carboxylic acids is 1. The fourth-order valence-corrected chi connectivity index (χ4v) is 0.513. The smallest absolute Gasteiger partial charge is 0.396 e. The standard InChI is InChI=1S/C4H3N3O4/c8-4(9)3-5-1-2(6-3)7(10)11/h1H,(H,5,6)(H,8,9). The molecule has 7 nitrogen and oxygen atoms in total. The Morgan fingerprint density at radius 1 is 1.82 bits per heavy atom. The predicted octanol–water partition coefficient (Wildman–Crippen LogP) is 0.0161. The Balaban J connectivity index is 2.99. The number of nitrogens with one attached hydrogen (secondary N) is 1. The average molecular weight is 157 g/mol. The number of aromatic nitrogens is 2. The SMILES string of the molecule is O=C(O)c1ncc([N+](=O)[O-])[nH]1. The zero-order valence-corrected chi connectivity index (χ0v) is 5.14. The summed E-state index contributed by atoms with van der Waals surface area (Å²) in [6.45, 7) is 0. The van der Waals surface area contributed by atoms with Crippen LogP contribution in [0.5, 0.6) is 0 Å². The zero-order chi connectivity index (χ0) is 8.43. The molecule has 2 N–H and O–H groups in total. The van der Waals surface area contributed by atoms with E-state index >= 15 is 0 Å². The number of hydrogen-bond donors (Lipinski definition) is 2. The zero-order valence-electron chi connectivity index (χ0n) is 5.14. The summed E-state index contributed by atoms with van der Waals surface area (Å²) in [5.74, 6) is -2.18. The van der Waals surface area contributed by atoms with Gasteiger partial charge in [0, 0.05) is 0 Å². The normalized spacial score (nSPS) is 9.45. The summed E-state index contributed by atoms with van der Waals surface area (Å²) < 4.78 is 0. The summed E-state index contributed by atoms with van der Waals surface area (Å²) in [5.41, 5.74) is 0. The molecule has 0 unspecified atom stereocenters. The Labute approximate surface area is 59.8 Å². The quantitative estimate of drug-likeness (QED) is 0.464. The van der Waals surface area contributed by atoms with Crippen LogP contribution in [0.2, 0.25) is 0 Å². The number of carbonyl (C=O) groups is 1. The number of aromatic carboxylic acids is 1. The highest BCUT2D eigenvalue weighted by Gasteiger charge is 2.15. The number of hydrogen-bond acceptors (Lipinski definition) is 4. The van der Waals surface area contributed by atoms with Crippen molar-refractivity contribution in [2.45, 2.75) is 0 Å². The monoisotopic (exact) mass is 157 g/mol. The molecular formula is C4H3N3O4. The molecule has 0 radical (unpaired) electrons. The van der Waals surface area contributed by atoms with Crippen molar-refractivity contribution < 1.29 is 14.8 Å². The Morgan fingerprint density at radius 3 is 2.73 bits per heavy atom. The van der Waals surface area contributed by atoms with Crippen LogP contribution in [0, 0.1) is 10.1 Å². The number of aromatic amines is 1. The lowest BCUT2D eigenvalue weighted by Crippen LogP contribution is -1.98. The number of nitro groups is 1. The highest BCUT2D eigenvalue weighted by molar-refractivity contribution is 5.83. The van der Waals surface area contributed by atoms with Crippen LogP contribution in [0.3, 0.4) is 0 Å². The maximum atomic E-state index is 10.1. The number of imidazole rings is 1. The Morgan fingerprint density at radius 2 is 2.45 bits per heavy atom. The van der Waals surface area contributed by atoms with Gasteiger partial charge in [0.05, 0.1) is 0 Å². The van der Waals surface area contributed by atoms with Gasteiger partial charge in [0.25, 0.3) is 0 Å². The molecule has 1 aromatic heterocycles. The van der Waals surface area contributed by atoms with Crippen LogP contribution in [0.15, 0.2) is 6.20 Å². The fraction of sp³-hybridized carbons (Fsp3) is 0. The first kappa shape index (κ1) is 7.19. The molecular weight excluding hydrogens is 154 g/mol. The van der Waals surface area contributed by atoms with Gasteiger partial charge in [-0.15, -0.1) is 0 Å². The van der Waals surface area contributed by atoms with Gasteiger partial charge < -0.3 is 15.2 Å². The van der Waals surface area contributed by atoms with Crippen molar-refractivity contribution in [1.82, 2.24) is 9.97 Å². The van der Waals surface area contributed by atoms with Gasteiger partial charge in [-0.25, -0.2) is 14.8 Å². The molecule has 0 fully saturated rings. The number of rotatable bonds is 2. The lowest BCUT2D eigenvalue weighted by molar-refractivity contribution is -0.389. The van der Waals surface area contributed by atoms with E-state index in [9.17, 15) is 14.9 Å². The van der Waals surface area contributed by atoms with E-state index in [4.69, 9.17) is 5.11 Å². The fourth-order valence-electron chi connectivity index (χ4n) is 0.513. The van der Waals surface area contributed by atoms with Gasteiger partial charge in [-0.05, 0) is 4.92 Å². The van der Waals surface area contributed by atoms with Crippen molar-refractivity contribution >= 4 is 11.8 Å². The van der Waals surface area contributed by atoms with E-state index in [1.165, 1.54) is 0 Å². The number of carboxylic acid groups (broad SMARTS) is 1. The van der Waals surface area contributed by atoms with Crippen LogP contribution in [-0.4, -0.2) is 26.0 Å². The second-order valence-electron chi connectivity index (χ2n) is 1.68. The molecule has 0 aliphatic heterocycles. The first-order valence-electron chi connectivity index (χ1n) is 2.54. The van der Waals surface area contributed by atoms with Crippen LogP contribution in [-0.2, 0) is 0 Å². The molecule has 0 saturated carbocycles. The Kier molecular flexibility index (Phi) is 1.55. The first-order chi connectivity index (χ1) is 5.11. The van der Waals surface area contributed by atoms with E-state index in [2.05, 4.69) is 4.98 Å². The highest BCUT2D eigenvalue weighted by Crippen LogP contribution is 2.05. The van der Waals surface area contributed by atoms with Crippen LogP contribution in [0.25, 0.3) is 0 Å². The minimum Gasteiger partial charge on any atom is -0.474 e. The summed E-state index contributed by atoms with van der Waals surface area (Å²) in [4.78, 5) is 24.6. The van der Waals surface area contributed by atoms with E-state index in [1.807, 2.05) is 4.98 Å². The summed E-state index contributed by atoms with van der Waals surface area (Å²) in [5, 5.41) is 18.2. The van der Waals surface area contributed by atoms with Crippen molar-refractivity contribution in [2.75, 3.05) is 0 Å². The highest BCUT2D eigenvalue weighted by atomic mass is 16.6. The summed E-state index contributed by atoms with van der Waals surface area (Å²) in [6, 6.07) is 0. The predicted molar refractivity (Wildman–Crippen MR) is 32.2 cm³/mol. The third-order valence-electron chi connectivity index (χ3n) is 0.962. The van der Waals surface area contributed by atoms with Crippen molar-refractivity contribution in [3.8, 4) is 0 Å². The molecule has 0 saturated heterocycles. The van der Waals surface area contributed by atoms with E-state index in [0.717, 1.165) is 6.20 Å². The van der Waals surface area contributed by atoms with Crippen molar-refractivity contribution in [2.24, 2.45) is 0 Å². The molecule has 1 aromatic rings. The molecule has 0 spiro atoms. The molecule has 1 heterocycles. The molecule has 58 valence electrons. The van der Waals surface area contributed by atoms with Gasteiger partial charge in [-0.2, -0.15) is 0 Å². The van der Waals surface area contributed by atoms with Crippen molar-refractivity contribution in [3.63, 3.8) is 0 Å². The lowest BCUT2D eigenvalue weighted by Gasteiger charge is -1.84. The maximum absolute atomic E-state index is 10.1. The van der Waals surface area contributed by atoms with E-state index < -0.39 is 22.5 Å². The molecule has 7 heteroatoms. The van der Waals surface area contributed by atoms with Gasteiger partial charge >= 0.3 is 17.6 Å². The third-order valence-corrected chi connectivity index (χ3v) is 0.962. The number of nitrogens with zero attached hydrogens (tertiary/aromatic N) is 2. The van der Waals surface area contributed by atoms with Gasteiger partial charge in [0.1, 0.15) is 6.20 Å². The second kappa shape index (κ2) is 2.37. The van der Waals surface area contributed by atoms with Crippen LogP contribution in [0.4, 0.5) is 5.82 Å². The molecule has 0 aliphatic carbocycles. The second-order valence-corrected chi connectivity index (χ2v) is 1.68. The lowest BCUT2D eigenvalue weighted by atomic mass is 10.6. The molecule has 11 heavy (non-hydrogen) atoms. The number of H-pyrrole nitrogens is 1. The average Bonchev–Trinajstić information content (AvgIpc) is 2.33. The largest absolute Gasteiger partial charge is 0.474 e. The minimum atomic E-state index is -1.32. The van der Waals surface area contributed by atoms with Gasteiger partial charge in [-0.1, -0.05) is 0 Å². The first-order valence-corrected chi connectivity index (χ1v) is 2.54. The van der Waals surface area contributed by atoms with E-state index in [-0.39, 0.29) is 0 Å². The van der Waals surface area contributed by atoms with Gasteiger partial charge in [0.2, 0.25) is 0 Å². The molecule has 1 rings (SSSR count). The third kappa shape index (κ3) is 1.31. The summed E-state index contributed by atoms with van der Waals surface area (Å²) in [7, 11) is 0. The molecule has 0 aliphatic rings. The van der Waals surface area contributed by atoms with Crippen LogP contribution in [0.1, 0.15) is 10.6 Å². The molecule has 0 aromatic carbocycles. The topological polar surface area (TPSA) is 109 Å². The van der Waals surface area contributed by atoms with Crippen LogP contribution < -0.4 is 0 Å². The molecule has 0 amide bonds. The van der Waals surface area contributed by atoms with Gasteiger partial charge in [-0.3, -0.25) is 0 Å². The summed E-state index contributed by atoms with van der Waals surface area (Å²) in [6.07, 6.45) is 0.851. The van der Waals surface area contributed by atoms with Crippen molar-refractivity contribution in [3.05, 3.63) is 22.1 Å².